The van der Waals surface area contributed by atoms with E-state index in [-0.39, 0.29) is 35.3 Å². The zero-order valence-corrected chi connectivity index (χ0v) is 20.3. The maximum Gasteiger partial charge on any atom is 0.237 e. The largest absolute Gasteiger partial charge is 0.493 e. The molecule has 0 aliphatic carbocycles. The SMILES string of the molecule is COc1cc2ncnc(Nc3cccc(Cl)c3F)c2cc1O[C@H]1C[C@H](C(=O)NC[C@H](C)O)N(C)C1. The Morgan fingerprint density at radius 3 is 2.89 bits per heavy atom. The number of carbonyl (C=O) groups is 1. The molecule has 0 spiro atoms. The number of aromatic nitrogens is 2. The first-order valence-corrected chi connectivity index (χ1v) is 11.5. The summed E-state index contributed by atoms with van der Waals surface area (Å²) in [6.07, 6.45) is 0.938. The summed E-state index contributed by atoms with van der Waals surface area (Å²) in [4.78, 5) is 23.0. The number of carbonyl (C=O) groups excluding carboxylic acids is 1. The molecular formula is C24H27ClFN5O4. The van der Waals surface area contributed by atoms with Gasteiger partial charge >= 0.3 is 0 Å². The van der Waals surface area contributed by atoms with Crippen molar-refractivity contribution in [2.24, 2.45) is 0 Å². The standard InChI is InChI=1S/C24H27ClFN5O4/c1-13(32)10-27-24(33)19-7-14(11-31(19)2)35-21-8-15-18(9-20(21)34-3)28-12-29-23(15)30-17-6-4-5-16(25)22(17)26/h4-6,8-9,12-14,19,32H,7,10-11H2,1-3H3,(H,27,33)(H,28,29,30)/t13-,14-,19+/m0/s1. The molecule has 1 fully saturated rings. The summed E-state index contributed by atoms with van der Waals surface area (Å²) >= 11 is 5.91. The Bertz CT molecular complexity index is 1230. The van der Waals surface area contributed by atoms with Crippen LogP contribution in [-0.4, -0.2) is 71.4 Å². The average Bonchev–Trinajstić information content (AvgIpc) is 3.20. The van der Waals surface area contributed by atoms with Crippen LogP contribution in [0.2, 0.25) is 5.02 Å². The lowest BCUT2D eigenvalue weighted by Crippen LogP contribution is -2.43. The lowest BCUT2D eigenvalue weighted by molar-refractivity contribution is -0.125. The molecule has 0 radical (unpaired) electrons. The average molecular weight is 504 g/mol. The summed E-state index contributed by atoms with van der Waals surface area (Å²) in [5.74, 6) is 0.560. The molecule has 4 rings (SSSR count). The Hall–Kier alpha value is -3.21. The van der Waals surface area contributed by atoms with E-state index in [0.717, 1.165) is 0 Å². The van der Waals surface area contributed by atoms with Crippen LogP contribution >= 0.6 is 11.6 Å². The van der Waals surface area contributed by atoms with Crippen molar-refractivity contribution in [3.8, 4) is 11.5 Å². The van der Waals surface area contributed by atoms with Crippen molar-refractivity contribution in [1.82, 2.24) is 20.2 Å². The Morgan fingerprint density at radius 2 is 2.14 bits per heavy atom. The second-order valence-electron chi connectivity index (χ2n) is 8.49. The molecule has 2 heterocycles. The van der Waals surface area contributed by atoms with Gasteiger partial charge in [0.2, 0.25) is 5.91 Å². The highest BCUT2D eigenvalue weighted by atomic mass is 35.5. The Labute approximate surface area is 207 Å². The van der Waals surface area contributed by atoms with E-state index < -0.39 is 11.9 Å². The number of likely N-dealkylation sites (N-methyl/N-ethyl adjacent to an activating group) is 1. The number of amides is 1. The molecule has 35 heavy (non-hydrogen) atoms. The monoisotopic (exact) mass is 503 g/mol. The Morgan fingerprint density at radius 1 is 1.34 bits per heavy atom. The third kappa shape index (κ3) is 5.55. The highest BCUT2D eigenvalue weighted by Gasteiger charge is 2.36. The summed E-state index contributed by atoms with van der Waals surface area (Å²) in [6.45, 7) is 2.33. The third-order valence-electron chi connectivity index (χ3n) is 5.80. The first-order valence-electron chi connectivity index (χ1n) is 11.1. The van der Waals surface area contributed by atoms with Gasteiger partial charge in [-0.3, -0.25) is 9.69 Å². The van der Waals surface area contributed by atoms with Crippen LogP contribution in [0, 0.1) is 5.82 Å². The number of methoxy groups -OCH3 is 1. The van der Waals surface area contributed by atoms with Gasteiger partial charge in [-0.15, -0.1) is 0 Å². The minimum Gasteiger partial charge on any atom is -0.493 e. The zero-order valence-electron chi connectivity index (χ0n) is 19.6. The molecule has 186 valence electrons. The Balaban J connectivity index is 1.59. The topological polar surface area (TPSA) is 109 Å². The lowest BCUT2D eigenvalue weighted by atomic mass is 10.1. The molecule has 11 heteroatoms. The number of ether oxygens (including phenoxy) is 2. The second-order valence-corrected chi connectivity index (χ2v) is 8.90. The fraction of sp³-hybridized carbons (Fsp3) is 0.375. The number of hydrogen-bond acceptors (Lipinski definition) is 8. The molecule has 3 aromatic rings. The highest BCUT2D eigenvalue weighted by molar-refractivity contribution is 6.31. The fourth-order valence-corrected chi connectivity index (χ4v) is 4.21. The first kappa shape index (κ1) is 24.9. The first-order chi connectivity index (χ1) is 16.8. The van der Waals surface area contributed by atoms with E-state index in [0.29, 0.717) is 41.2 Å². The lowest BCUT2D eigenvalue weighted by Gasteiger charge is -2.18. The van der Waals surface area contributed by atoms with Gasteiger partial charge < -0.3 is 25.2 Å². The number of nitrogens with zero attached hydrogens (tertiary/aromatic N) is 3. The van der Waals surface area contributed by atoms with Crippen LogP contribution in [0.5, 0.6) is 11.5 Å². The van der Waals surface area contributed by atoms with Gasteiger partial charge in [-0.05, 0) is 32.2 Å². The molecule has 1 amide bonds. The van der Waals surface area contributed by atoms with Gasteiger partial charge in [-0.1, -0.05) is 17.7 Å². The van der Waals surface area contributed by atoms with Crippen molar-refractivity contribution in [3.05, 3.63) is 47.5 Å². The second kappa shape index (κ2) is 10.6. The maximum absolute atomic E-state index is 14.5. The minimum absolute atomic E-state index is 0.00329. The maximum atomic E-state index is 14.5. The molecule has 3 atom stereocenters. The predicted octanol–water partition coefficient (Wildman–Crippen LogP) is 3.12. The number of aliphatic hydroxyl groups excluding tert-OH is 1. The molecule has 1 aliphatic rings. The molecule has 9 nitrogen and oxygen atoms in total. The van der Waals surface area contributed by atoms with Crippen LogP contribution in [0.25, 0.3) is 10.9 Å². The number of nitrogens with one attached hydrogen (secondary N) is 2. The third-order valence-corrected chi connectivity index (χ3v) is 6.10. The molecule has 2 aromatic carbocycles. The van der Waals surface area contributed by atoms with Gasteiger partial charge in [0.15, 0.2) is 17.3 Å². The van der Waals surface area contributed by atoms with Crippen molar-refractivity contribution in [1.29, 1.82) is 0 Å². The summed E-state index contributed by atoms with van der Waals surface area (Å²) < 4.78 is 26.2. The normalized spacial score (nSPS) is 18.9. The van der Waals surface area contributed by atoms with Gasteiger partial charge in [0, 0.05) is 31.0 Å². The molecule has 0 saturated carbocycles. The fourth-order valence-electron chi connectivity index (χ4n) is 4.03. The number of halogens is 2. The molecule has 3 N–H and O–H groups in total. The Kier molecular flexibility index (Phi) is 7.54. The van der Waals surface area contributed by atoms with Crippen molar-refractivity contribution >= 4 is 39.9 Å². The van der Waals surface area contributed by atoms with Crippen LogP contribution in [0.1, 0.15) is 13.3 Å². The highest BCUT2D eigenvalue weighted by Crippen LogP contribution is 2.37. The van der Waals surface area contributed by atoms with Crippen LogP contribution in [0.15, 0.2) is 36.7 Å². The predicted molar refractivity (Wildman–Crippen MR) is 131 cm³/mol. The van der Waals surface area contributed by atoms with Gasteiger partial charge in [0.05, 0.1) is 35.5 Å². The smallest absolute Gasteiger partial charge is 0.237 e. The quantitative estimate of drug-likeness (QED) is 0.430. The summed E-state index contributed by atoms with van der Waals surface area (Å²) in [7, 11) is 3.38. The number of fused-ring (bicyclic) bond motifs is 1. The van der Waals surface area contributed by atoms with Crippen LogP contribution < -0.4 is 20.1 Å². The minimum atomic E-state index is -0.620. The van der Waals surface area contributed by atoms with Crippen molar-refractivity contribution in [2.45, 2.75) is 31.6 Å². The molecule has 0 bridgehead atoms. The van der Waals surface area contributed by atoms with E-state index in [1.807, 2.05) is 11.9 Å². The summed E-state index contributed by atoms with van der Waals surface area (Å²) in [5.41, 5.74) is 0.757. The van der Waals surface area contributed by atoms with Crippen LogP contribution in [-0.2, 0) is 4.79 Å². The van der Waals surface area contributed by atoms with Gasteiger partial charge in [0.1, 0.15) is 18.2 Å². The van der Waals surface area contributed by atoms with Crippen molar-refractivity contribution in [2.75, 3.05) is 32.6 Å². The molecule has 1 aliphatic heterocycles. The molecule has 0 unspecified atom stereocenters. The van der Waals surface area contributed by atoms with Gasteiger partial charge in [-0.25, -0.2) is 14.4 Å². The van der Waals surface area contributed by atoms with Gasteiger partial charge in [-0.2, -0.15) is 0 Å². The number of benzene rings is 2. The number of likely N-dealkylation sites (tertiary alicyclic amines) is 1. The van der Waals surface area contributed by atoms with Crippen molar-refractivity contribution < 1.29 is 23.8 Å². The van der Waals surface area contributed by atoms with E-state index in [1.165, 1.54) is 19.5 Å². The molecular weight excluding hydrogens is 477 g/mol. The zero-order chi connectivity index (χ0) is 25.1. The molecule has 1 saturated heterocycles. The van der Waals surface area contributed by atoms with Crippen LogP contribution in [0.4, 0.5) is 15.9 Å². The molecule has 1 aromatic heterocycles. The number of anilines is 2. The number of hydrogen-bond donors (Lipinski definition) is 3. The number of aliphatic hydroxyl groups is 1. The van der Waals surface area contributed by atoms with Gasteiger partial charge in [0.25, 0.3) is 0 Å². The van der Waals surface area contributed by atoms with E-state index in [1.54, 1.807) is 31.2 Å². The van der Waals surface area contributed by atoms with Crippen LogP contribution in [0.3, 0.4) is 0 Å². The summed E-state index contributed by atoms with van der Waals surface area (Å²) in [5, 5.41) is 15.8. The van der Waals surface area contributed by atoms with Crippen molar-refractivity contribution in [3.63, 3.8) is 0 Å². The number of rotatable bonds is 8. The van der Waals surface area contributed by atoms with E-state index >= 15 is 0 Å². The van der Waals surface area contributed by atoms with E-state index in [2.05, 4.69) is 20.6 Å². The summed E-state index contributed by atoms with van der Waals surface area (Å²) in [6, 6.07) is 7.74. The van der Waals surface area contributed by atoms with E-state index in [4.69, 9.17) is 21.1 Å². The van der Waals surface area contributed by atoms with E-state index in [9.17, 15) is 14.3 Å².